The molecule has 1 heterocycles. The fourth-order valence-corrected chi connectivity index (χ4v) is 4.60. The molecule has 0 bridgehead atoms. The molecule has 1 N–H and O–H groups in total. The molecule has 0 radical (unpaired) electrons. The van der Waals surface area contributed by atoms with Gasteiger partial charge in [0.1, 0.15) is 16.5 Å². The van der Waals surface area contributed by atoms with E-state index in [1.807, 2.05) is 30.3 Å². The summed E-state index contributed by atoms with van der Waals surface area (Å²) in [6, 6.07) is 13.3. The highest BCUT2D eigenvalue weighted by Gasteiger charge is 2.36. The van der Waals surface area contributed by atoms with Gasteiger partial charge in [-0.25, -0.2) is 17.5 Å². The van der Waals surface area contributed by atoms with Crippen molar-refractivity contribution in [2.75, 3.05) is 26.9 Å². The van der Waals surface area contributed by atoms with Crippen molar-refractivity contribution < 1.29 is 22.3 Å². The van der Waals surface area contributed by atoms with Crippen molar-refractivity contribution in [2.45, 2.75) is 23.2 Å². The van der Waals surface area contributed by atoms with Crippen LogP contribution in [-0.2, 0) is 20.2 Å². The van der Waals surface area contributed by atoms with Crippen molar-refractivity contribution in [3.63, 3.8) is 0 Å². The lowest BCUT2D eigenvalue weighted by molar-refractivity contribution is 0.0517. The summed E-state index contributed by atoms with van der Waals surface area (Å²) in [5.74, 6) is -0.519. The van der Waals surface area contributed by atoms with E-state index in [0.29, 0.717) is 26.1 Å². The molecule has 1 aliphatic rings. The summed E-state index contributed by atoms with van der Waals surface area (Å²) in [5.41, 5.74) is 0.713. The number of hydrogen-bond donors (Lipinski definition) is 1. The number of sulfonamides is 1. The third-order valence-electron chi connectivity index (χ3n) is 4.85. The minimum absolute atomic E-state index is 0.111. The minimum atomic E-state index is -3.93. The average Bonchev–Trinajstić information content (AvgIpc) is 2.68. The maximum absolute atomic E-state index is 13.6. The standard InChI is InChI=1S/C19H22FNO4S/c1-24-17-8-7-16(20)13-18(17)26(22,23)21-14-19(9-11-25-12-10-19)15-5-3-2-4-6-15/h2-8,13,21H,9-12,14H2,1H3. The van der Waals surface area contributed by atoms with Crippen LogP contribution in [0.25, 0.3) is 0 Å². The summed E-state index contributed by atoms with van der Waals surface area (Å²) >= 11 is 0. The van der Waals surface area contributed by atoms with Crippen LogP contribution < -0.4 is 9.46 Å². The molecule has 140 valence electrons. The molecule has 1 aliphatic heterocycles. The van der Waals surface area contributed by atoms with E-state index in [1.54, 1.807) is 0 Å². The van der Waals surface area contributed by atoms with Crippen molar-refractivity contribution in [1.29, 1.82) is 0 Å². The monoisotopic (exact) mass is 379 g/mol. The molecule has 0 aromatic heterocycles. The van der Waals surface area contributed by atoms with Crippen molar-refractivity contribution >= 4 is 10.0 Å². The molecule has 0 unspecified atom stereocenters. The predicted octanol–water partition coefficient (Wildman–Crippen LogP) is 2.86. The Morgan fingerprint density at radius 1 is 1.15 bits per heavy atom. The Morgan fingerprint density at radius 3 is 2.50 bits per heavy atom. The normalized spacial score (nSPS) is 17.0. The molecule has 1 fully saturated rings. The van der Waals surface area contributed by atoms with E-state index in [4.69, 9.17) is 9.47 Å². The molecule has 0 atom stereocenters. The quantitative estimate of drug-likeness (QED) is 0.838. The first-order chi connectivity index (χ1) is 12.5. The second-order valence-corrected chi connectivity index (χ2v) is 8.11. The molecule has 0 amide bonds. The summed E-state index contributed by atoms with van der Waals surface area (Å²) in [7, 11) is -2.57. The lowest BCUT2D eigenvalue weighted by Crippen LogP contribution is -2.44. The van der Waals surface area contributed by atoms with Crippen molar-refractivity contribution in [3.8, 4) is 5.75 Å². The van der Waals surface area contributed by atoms with Crippen LogP contribution in [0.15, 0.2) is 53.4 Å². The van der Waals surface area contributed by atoms with Crippen molar-refractivity contribution in [3.05, 3.63) is 59.9 Å². The van der Waals surface area contributed by atoms with Gasteiger partial charge >= 0.3 is 0 Å². The Bertz CT molecular complexity index is 849. The maximum Gasteiger partial charge on any atom is 0.244 e. The Labute approximate surface area is 153 Å². The maximum atomic E-state index is 13.6. The van der Waals surface area contributed by atoms with Crippen LogP contribution in [0.2, 0.25) is 0 Å². The number of benzene rings is 2. The van der Waals surface area contributed by atoms with Crippen LogP contribution in [0.1, 0.15) is 18.4 Å². The van der Waals surface area contributed by atoms with Crippen LogP contribution in [-0.4, -0.2) is 35.3 Å². The molecular formula is C19H22FNO4S. The van der Waals surface area contributed by atoms with Gasteiger partial charge in [-0.2, -0.15) is 0 Å². The van der Waals surface area contributed by atoms with Gasteiger partial charge in [-0.15, -0.1) is 0 Å². The molecule has 0 saturated carbocycles. The van der Waals surface area contributed by atoms with Crippen molar-refractivity contribution in [2.24, 2.45) is 0 Å². The molecule has 2 aromatic rings. The largest absolute Gasteiger partial charge is 0.495 e. The van der Waals surface area contributed by atoms with Gasteiger partial charge in [0, 0.05) is 25.2 Å². The molecular weight excluding hydrogens is 357 g/mol. The second kappa shape index (κ2) is 7.73. The van der Waals surface area contributed by atoms with Gasteiger partial charge in [-0.3, -0.25) is 0 Å². The number of hydrogen-bond acceptors (Lipinski definition) is 4. The van der Waals surface area contributed by atoms with Crippen LogP contribution in [0.3, 0.4) is 0 Å². The van der Waals surface area contributed by atoms with E-state index >= 15 is 0 Å². The topological polar surface area (TPSA) is 64.6 Å². The third kappa shape index (κ3) is 3.90. The Hall–Kier alpha value is -1.96. The zero-order chi connectivity index (χ0) is 18.6. The number of ether oxygens (including phenoxy) is 2. The fraction of sp³-hybridized carbons (Fsp3) is 0.368. The Kier molecular flexibility index (Phi) is 5.60. The first-order valence-electron chi connectivity index (χ1n) is 8.43. The first kappa shape index (κ1) is 18.8. The van der Waals surface area contributed by atoms with Gasteiger partial charge in [-0.1, -0.05) is 30.3 Å². The third-order valence-corrected chi connectivity index (χ3v) is 6.27. The van der Waals surface area contributed by atoms with Gasteiger partial charge in [-0.05, 0) is 36.6 Å². The number of halogens is 1. The molecule has 0 spiro atoms. The molecule has 0 aliphatic carbocycles. The molecule has 26 heavy (non-hydrogen) atoms. The fourth-order valence-electron chi connectivity index (χ4n) is 3.29. The minimum Gasteiger partial charge on any atom is -0.495 e. The summed E-state index contributed by atoms with van der Waals surface area (Å²) in [4.78, 5) is -0.199. The summed E-state index contributed by atoms with van der Waals surface area (Å²) in [6.07, 6.45) is 1.42. The van der Waals surface area contributed by atoms with Crippen LogP contribution in [0.5, 0.6) is 5.75 Å². The predicted molar refractivity (Wildman–Crippen MR) is 96.3 cm³/mol. The van der Waals surface area contributed by atoms with E-state index < -0.39 is 15.8 Å². The van der Waals surface area contributed by atoms with E-state index in [0.717, 1.165) is 11.6 Å². The zero-order valence-electron chi connectivity index (χ0n) is 14.6. The van der Waals surface area contributed by atoms with Gasteiger partial charge in [0.25, 0.3) is 0 Å². The highest BCUT2D eigenvalue weighted by molar-refractivity contribution is 7.89. The van der Waals surface area contributed by atoms with E-state index in [2.05, 4.69) is 4.72 Å². The lowest BCUT2D eigenvalue weighted by atomic mass is 9.74. The van der Waals surface area contributed by atoms with Gasteiger partial charge in [0.15, 0.2) is 0 Å². The number of methoxy groups -OCH3 is 1. The van der Waals surface area contributed by atoms with Crippen LogP contribution >= 0.6 is 0 Å². The van der Waals surface area contributed by atoms with Gasteiger partial charge < -0.3 is 9.47 Å². The second-order valence-electron chi connectivity index (χ2n) is 6.38. The first-order valence-corrected chi connectivity index (χ1v) is 9.92. The van der Waals surface area contributed by atoms with E-state index in [1.165, 1.54) is 19.2 Å². The molecule has 1 saturated heterocycles. The van der Waals surface area contributed by atoms with Crippen molar-refractivity contribution in [1.82, 2.24) is 4.72 Å². The van der Waals surface area contributed by atoms with Gasteiger partial charge in [0.05, 0.1) is 7.11 Å². The van der Waals surface area contributed by atoms with Crippen LogP contribution in [0, 0.1) is 5.82 Å². The average molecular weight is 379 g/mol. The molecule has 3 rings (SSSR count). The highest BCUT2D eigenvalue weighted by Crippen LogP contribution is 2.35. The molecule has 2 aromatic carbocycles. The molecule has 7 heteroatoms. The molecule has 5 nitrogen and oxygen atoms in total. The Balaban J connectivity index is 1.88. The number of rotatable bonds is 6. The van der Waals surface area contributed by atoms with E-state index in [-0.39, 0.29) is 22.6 Å². The summed E-state index contributed by atoms with van der Waals surface area (Å²) < 4.78 is 52.4. The van der Waals surface area contributed by atoms with E-state index in [9.17, 15) is 12.8 Å². The lowest BCUT2D eigenvalue weighted by Gasteiger charge is -2.38. The summed E-state index contributed by atoms with van der Waals surface area (Å²) in [6.45, 7) is 1.35. The summed E-state index contributed by atoms with van der Waals surface area (Å²) in [5, 5.41) is 0. The smallest absolute Gasteiger partial charge is 0.244 e. The number of nitrogens with one attached hydrogen (secondary N) is 1. The highest BCUT2D eigenvalue weighted by atomic mass is 32.2. The Morgan fingerprint density at radius 2 is 1.85 bits per heavy atom. The SMILES string of the molecule is COc1ccc(F)cc1S(=O)(=O)NCC1(c2ccccc2)CCOCC1. The van der Waals surface area contributed by atoms with Gasteiger partial charge in [0.2, 0.25) is 10.0 Å². The zero-order valence-corrected chi connectivity index (χ0v) is 15.4. The van der Waals surface area contributed by atoms with Crippen LogP contribution in [0.4, 0.5) is 4.39 Å².